The molecule has 2 fully saturated rings. The van der Waals surface area contributed by atoms with E-state index in [2.05, 4.69) is 46.6 Å². The number of likely N-dealkylation sites (N-methyl/N-ethyl adjacent to an activating group) is 1. The van der Waals surface area contributed by atoms with Gasteiger partial charge in [0.05, 0.1) is 19.3 Å². The highest BCUT2D eigenvalue weighted by atomic mass is 16.2. The number of carbonyl (C=O) groups is 1. The molecule has 1 saturated heterocycles. The molecule has 4 rings (SSSR count). The van der Waals surface area contributed by atoms with Gasteiger partial charge in [0.25, 0.3) is 5.91 Å². The maximum atomic E-state index is 12.7. The zero-order valence-electron chi connectivity index (χ0n) is 17.6. The first-order valence-corrected chi connectivity index (χ1v) is 11.2. The Morgan fingerprint density at radius 3 is 2.66 bits per heavy atom. The number of rotatable bonds is 7. The van der Waals surface area contributed by atoms with Crippen LogP contribution in [0.15, 0.2) is 36.5 Å². The van der Waals surface area contributed by atoms with E-state index in [-0.39, 0.29) is 5.91 Å². The van der Waals surface area contributed by atoms with Gasteiger partial charge < -0.3 is 15.1 Å². The number of nitrogens with one attached hydrogen (secondary N) is 2. The van der Waals surface area contributed by atoms with Crippen LogP contribution >= 0.6 is 0 Å². The number of anilines is 2. The van der Waals surface area contributed by atoms with Crippen molar-refractivity contribution in [2.45, 2.75) is 57.5 Å². The number of carbonyl (C=O) groups excluding carboxylic acids is 1. The average molecular weight is 397 g/mol. The predicted octanol–water partition coefficient (Wildman–Crippen LogP) is 2.64. The molecular formula is C23H34N5O+. The molecule has 1 aliphatic carbocycles. The summed E-state index contributed by atoms with van der Waals surface area (Å²) in [5, 5.41) is 7.54. The molecule has 0 spiro atoms. The molecule has 156 valence electrons. The molecule has 1 aromatic carbocycles. The minimum atomic E-state index is 0.0534. The highest BCUT2D eigenvalue weighted by Gasteiger charge is 2.22. The van der Waals surface area contributed by atoms with Gasteiger partial charge in [0.2, 0.25) is 0 Å². The summed E-state index contributed by atoms with van der Waals surface area (Å²) in [5.74, 6) is 0.890. The Morgan fingerprint density at radius 1 is 1.10 bits per heavy atom. The number of nitrogens with zero attached hydrogens (tertiary/aromatic N) is 3. The molecule has 0 radical (unpaired) electrons. The zero-order chi connectivity index (χ0) is 20.1. The second kappa shape index (κ2) is 9.44. The molecule has 29 heavy (non-hydrogen) atoms. The SMILES string of the molecule is C[NH+](CC(=O)Nc1ccnn1C1CCCC1)Cc1ccccc1N1CCCCC1. The molecule has 6 heteroatoms. The van der Waals surface area contributed by atoms with Crippen molar-refractivity contribution in [1.82, 2.24) is 9.78 Å². The molecule has 0 bridgehead atoms. The van der Waals surface area contributed by atoms with Gasteiger partial charge in [-0.05, 0) is 38.2 Å². The first-order chi connectivity index (χ1) is 14.2. The molecule has 2 heterocycles. The maximum absolute atomic E-state index is 12.7. The second-order valence-electron chi connectivity index (χ2n) is 8.63. The molecule has 1 unspecified atom stereocenters. The Kier molecular flexibility index (Phi) is 6.49. The van der Waals surface area contributed by atoms with Crippen LogP contribution in [-0.2, 0) is 11.3 Å². The van der Waals surface area contributed by atoms with Crippen LogP contribution in [0, 0.1) is 0 Å². The van der Waals surface area contributed by atoms with Gasteiger partial charge in [-0.1, -0.05) is 31.0 Å². The van der Waals surface area contributed by atoms with E-state index in [1.165, 1.54) is 48.3 Å². The molecule has 6 nitrogen and oxygen atoms in total. The minimum absolute atomic E-state index is 0.0534. The van der Waals surface area contributed by atoms with Gasteiger partial charge in [0.1, 0.15) is 12.4 Å². The summed E-state index contributed by atoms with van der Waals surface area (Å²) in [6, 6.07) is 11.0. The Morgan fingerprint density at radius 2 is 1.86 bits per heavy atom. The summed E-state index contributed by atoms with van der Waals surface area (Å²) in [6.45, 7) is 3.58. The lowest BCUT2D eigenvalue weighted by atomic mass is 10.1. The van der Waals surface area contributed by atoms with Crippen LogP contribution in [0.25, 0.3) is 0 Å². The standard InChI is InChI=1S/C23H33N5O/c1-26(17-19-9-3-6-12-21(19)27-15-7-2-8-16-27)18-23(29)25-22-13-14-24-28(22)20-10-4-5-11-20/h3,6,9,12-14,20H,2,4-5,7-8,10-11,15-18H2,1H3,(H,25,29)/p+1. The number of amides is 1. The topological polar surface area (TPSA) is 54.6 Å². The van der Waals surface area contributed by atoms with Crippen LogP contribution in [0.5, 0.6) is 0 Å². The Bertz CT molecular complexity index is 805. The van der Waals surface area contributed by atoms with Crippen molar-refractivity contribution in [3.8, 4) is 0 Å². The highest BCUT2D eigenvalue weighted by molar-refractivity contribution is 5.90. The van der Waals surface area contributed by atoms with Crippen molar-refractivity contribution < 1.29 is 9.69 Å². The fourth-order valence-corrected chi connectivity index (χ4v) is 4.81. The van der Waals surface area contributed by atoms with Crippen molar-refractivity contribution in [3.63, 3.8) is 0 Å². The van der Waals surface area contributed by atoms with Crippen LogP contribution in [-0.4, -0.2) is 42.4 Å². The van der Waals surface area contributed by atoms with Crippen molar-refractivity contribution in [1.29, 1.82) is 0 Å². The van der Waals surface area contributed by atoms with Crippen molar-refractivity contribution in [2.24, 2.45) is 0 Å². The summed E-state index contributed by atoms with van der Waals surface area (Å²) >= 11 is 0. The third-order valence-electron chi connectivity index (χ3n) is 6.25. The first-order valence-electron chi connectivity index (χ1n) is 11.2. The number of quaternary nitrogens is 1. The second-order valence-corrected chi connectivity index (χ2v) is 8.63. The normalized spacial score (nSPS) is 18.7. The van der Waals surface area contributed by atoms with E-state index < -0.39 is 0 Å². The Balaban J connectivity index is 1.35. The van der Waals surface area contributed by atoms with E-state index in [0.29, 0.717) is 12.6 Å². The van der Waals surface area contributed by atoms with E-state index in [1.807, 2.05) is 10.7 Å². The predicted molar refractivity (Wildman–Crippen MR) is 116 cm³/mol. The number of hydrogen-bond acceptors (Lipinski definition) is 3. The Hall–Kier alpha value is -2.34. The summed E-state index contributed by atoms with van der Waals surface area (Å²) in [6.07, 6.45) is 10.5. The molecule has 2 aromatic rings. The lowest BCUT2D eigenvalue weighted by molar-refractivity contribution is -0.885. The summed E-state index contributed by atoms with van der Waals surface area (Å²) in [5.41, 5.74) is 2.67. The third-order valence-corrected chi connectivity index (χ3v) is 6.25. The maximum Gasteiger partial charge on any atom is 0.280 e. The third kappa shape index (κ3) is 4.99. The van der Waals surface area contributed by atoms with Crippen molar-refractivity contribution in [3.05, 3.63) is 42.1 Å². The van der Waals surface area contributed by atoms with Crippen LogP contribution < -0.4 is 15.1 Å². The summed E-state index contributed by atoms with van der Waals surface area (Å²) in [4.78, 5) is 16.4. The van der Waals surface area contributed by atoms with Crippen LogP contribution in [0.1, 0.15) is 56.6 Å². The Labute approximate surface area is 173 Å². The van der Waals surface area contributed by atoms with Gasteiger partial charge in [-0.2, -0.15) is 5.10 Å². The largest absolute Gasteiger partial charge is 0.371 e. The molecule has 1 saturated carbocycles. The number of aromatic nitrogens is 2. The van der Waals surface area contributed by atoms with E-state index in [1.54, 1.807) is 6.20 Å². The van der Waals surface area contributed by atoms with Crippen LogP contribution in [0.3, 0.4) is 0 Å². The van der Waals surface area contributed by atoms with Gasteiger partial charge in [0.15, 0.2) is 6.54 Å². The number of hydrogen-bond donors (Lipinski definition) is 2. The van der Waals surface area contributed by atoms with Gasteiger partial charge in [-0.25, -0.2) is 4.68 Å². The monoisotopic (exact) mass is 396 g/mol. The zero-order valence-corrected chi connectivity index (χ0v) is 17.6. The van der Waals surface area contributed by atoms with Gasteiger partial charge in [-0.3, -0.25) is 4.79 Å². The summed E-state index contributed by atoms with van der Waals surface area (Å²) < 4.78 is 2.01. The number of para-hydroxylation sites is 1. The molecule has 1 aromatic heterocycles. The lowest BCUT2D eigenvalue weighted by Gasteiger charge is -2.31. The molecule has 2 N–H and O–H groups in total. The molecule has 1 amide bonds. The van der Waals surface area contributed by atoms with Gasteiger partial charge in [0, 0.05) is 30.4 Å². The van der Waals surface area contributed by atoms with Gasteiger partial charge >= 0.3 is 0 Å². The van der Waals surface area contributed by atoms with Crippen molar-refractivity contribution in [2.75, 3.05) is 36.9 Å². The molecular weight excluding hydrogens is 362 g/mol. The number of benzene rings is 1. The smallest absolute Gasteiger partial charge is 0.280 e. The highest BCUT2D eigenvalue weighted by Crippen LogP contribution is 2.31. The van der Waals surface area contributed by atoms with Crippen molar-refractivity contribution >= 4 is 17.4 Å². The first kappa shape index (κ1) is 20.0. The van der Waals surface area contributed by atoms with E-state index >= 15 is 0 Å². The summed E-state index contributed by atoms with van der Waals surface area (Å²) in [7, 11) is 2.10. The number of piperidine rings is 1. The average Bonchev–Trinajstić information content (AvgIpc) is 3.40. The lowest BCUT2D eigenvalue weighted by Crippen LogP contribution is -3.08. The molecule has 2 aliphatic rings. The van der Waals surface area contributed by atoms with E-state index in [4.69, 9.17) is 0 Å². The fourth-order valence-electron chi connectivity index (χ4n) is 4.81. The molecule has 1 atom stereocenters. The minimum Gasteiger partial charge on any atom is -0.371 e. The molecule has 1 aliphatic heterocycles. The fraction of sp³-hybridized carbons (Fsp3) is 0.565. The quantitative estimate of drug-likeness (QED) is 0.757. The van der Waals surface area contributed by atoms with E-state index in [9.17, 15) is 4.79 Å². The van der Waals surface area contributed by atoms with Crippen LogP contribution in [0.4, 0.5) is 11.5 Å². The van der Waals surface area contributed by atoms with E-state index in [0.717, 1.165) is 38.3 Å². The van der Waals surface area contributed by atoms with Crippen LogP contribution in [0.2, 0.25) is 0 Å². The van der Waals surface area contributed by atoms with Gasteiger partial charge in [-0.15, -0.1) is 0 Å².